The monoisotopic (exact) mass is 405 g/mol. The minimum absolute atomic E-state index is 0.0298. The quantitative estimate of drug-likeness (QED) is 0.593. The zero-order valence-electron chi connectivity index (χ0n) is 16.2. The van der Waals surface area contributed by atoms with E-state index in [1.165, 1.54) is 35.3 Å². The summed E-state index contributed by atoms with van der Waals surface area (Å²) < 4.78 is 0. The minimum atomic E-state index is -0.130. The normalized spacial score (nSPS) is 13.0. The lowest BCUT2D eigenvalue weighted by molar-refractivity contribution is -0.121. The van der Waals surface area contributed by atoms with Gasteiger partial charge < -0.3 is 5.32 Å². The molecule has 3 aromatic rings. The molecular weight excluding hydrogens is 382 g/mol. The van der Waals surface area contributed by atoms with Crippen LogP contribution in [0.2, 0.25) is 0 Å². The van der Waals surface area contributed by atoms with Gasteiger partial charge in [-0.05, 0) is 55.0 Å². The molecule has 1 aromatic carbocycles. The van der Waals surface area contributed by atoms with Gasteiger partial charge in [0.25, 0.3) is 0 Å². The molecule has 0 saturated carbocycles. The summed E-state index contributed by atoms with van der Waals surface area (Å²) in [7, 11) is 0. The molecule has 0 unspecified atom stereocenters. The molecule has 0 fully saturated rings. The topological polar surface area (TPSA) is 72.0 Å². The Morgan fingerprint density at radius 3 is 2.62 bits per heavy atom. The number of Topliss-reactive ketones (excluding diaryl/α,β-unsaturated/α-hetero) is 1. The number of hydrogen-bond donors (Lipinski definition) is 1. The number of ketones is 1. The van der Waals surface area contributed by atoms with Crippen LogP contribution in [-0.2, 0) is 24.2 Å². The highest BCUT2D eigenvalue weighted by atomic mass is 32.1. The Bertz CT molecular complexity index is 1010. The van der Waals surface area contributed by atoms with Crippen molar-refractivity contribution in [1.29, 1.82) is 0 Å². The number of thiazole rings is 1. The summed E-state index contributed by atoms with van der Waals surface area (Å²) >= 11 is 1.54. The van der Waals surface area contributed by atoms with Crippen LogP contribution in [0.25, 0.3) is 10.6 Å². The smallest absolute Gasteiger partial charge is 0.220 e. The number of aromatic nitrogens is 2. The first-order valence-electron chi connectivity index (χ1n) is 9.95. The number of carbonyl (C=O) groups excluding carboxylic acids is 2. The summed E-state index contributed by atoms with van der Waals surface area (Å²) in [5.74, 6) is -0.100. The lowest BCUT2D eigenvalue weighted by atomic mass is 9.89. The molecule has 0 spiro atoms. The largest absolute Gasteiger partial charge is 0.350 e. The van der Waals surface area contributed by atoms with E-state index in [4.69, 9.17) is 0 Å². The molecule has 1 N–H and O–H groups in total. The van der Waals surface area contributed by atoms with Crippen LogP contribution in [0.4, 0.5) is 0 Å². The van der Waals surface area contributed by atoms with Gasteiger partial charge in [0, 0.05) is 41.7 Å². The summed E-state index contributed by atoms with van der Waals surface area (Å²) in [6.45, 7) is 0.369. The molecule has 0 aliphatic heterocycles. The average molecular weight is 406 g/mol. The highest BCUT2D eigenvalue weighted by Crippen LogP contribution is 2.24. The number of hydrogen-bond acceptors (Lipinski definition) is 5. The molecule has 5 nitrogen and oxygen atoms in total. The Kier molecular flexibility index (Phi) is 6.10. The van der Waals surface area contributed by atoms with Crippen molar-refractivity contribution in [2.24, 2.45) is 0 Å². The van der Waals surface area contributed by atoms with Crippen molar-refractivity contribution >= 4 is 23.0 Å². The Labute approximate surface area is 174 Å². The fourth-order valence-corrected chi connectivity index (χ4v) is 4.40. The van der Waals surface area contributed by atoms with Crippen molar-refractivity contribution in [2.75, 3.05) is 0 Å². The van der Waals surface area contributed by atoms with Crippen LogP contribution in [-0.4, -0.2) is 21.7 Å². The standard InChI is InChI=1S/C23H23N3O2S/c27-21(19-6-5-16-3-1-2-4-18(16)13-19)7-8-22(28)25-14-20-15-29-23(26-20)17-9-11-24-12-10-17/h5-6,9-13,15H,1-4,7-8,14H2,(H,25,28). The third-order valence-corrected chi connectivity index (χ3v) is 6.14. The Morgan fingerprint density at radius 1 is 1.00 bits per heavy atom. The highest BCUT2D eigenvalue weighted by Gasteiger charge is 2.14. The molecule has 2 aromatic heterocycles. The van der Waals surface area contributed by atoms with E-state index in [1.54, 1.807) is 12.4 Å². The predicted octanol–water partition coefficient (Wildman–Crippen LogP) is 4.36. The summed E-state index contributed by atoms with van der Waals surface area (Å²) in [4.78, 5) is 33.2. The SMILES string of the molecule is O=C(CCC(=O)c1ccc2c(c1)CCCC2)NCc1csc(-c2ccncc2)n1. The number of amides is 1. The van der Waals surface area contributed by atoms with Gasteiger partial charge in [0.1, 0.15) is 5.01 Å². The number of nitrogens with one attached hydrogen (secondary N) is 1. The van der Waals surface area contributed by atoms with Crippen LogP contribution in [0.15, 0.2) is 48.1 Å². The molecule has 1 aliphatic carbocycles. The molecule has 0 atom stereocenters. The third kappa shape index (κ3) is 4.95. The van der Waals surface area contributed by atoms with Gasteiger partial charge in [-0.25, -0.2) is 4.98 Å². The Balaban J connectivity index is 1.26. The number of carbonyl (C=O) groups is 2. The van der Waals surface area contributed by atoms with E-state index in [0.717, 1.165) is 34.7 Å². The molecule has 4 rings (SSSR count). The average Bonchev–Trinajstić information content (AvgIpc) is 3.25. The van der Waals surface area contributed by atoms with Gasteiger partial charge in [-0.3, -0.25) is 14.6 Å². The molecule has 0 radical (unpaired) electrons. The van der Waals surface area contributed by atoms with Crippen LogP contribution in [0.1, 0.15) is 52.9 Å². The number of pyridine rings is 1. The molecule has 2 heterocycles. The lowest BCUT2D eigenvalue weighted by Gasteiger charge is -2.16. The van der Waals surface area contributed by atoms with Crippen LogP contribution in [0.3, 0.4) is 0 Å². The summed E-state index contributed by atoms with van der Waals surface area (Å²) in [6.07, 6.45) is 8.45. The van der Waals surface area contributed by atoms with E-state index in [9.17, 15) is 9.59 Å². The Morgan fingerprint density at radius 2 is 1.79 bits per heavy atom. The molecule has 0 saturated heterocycles. The molecule has 0 bridgehead atoms. The second kappa shape index (κ2) is 9.09. The van der Waals surface area contributed by atoms with E-state index in [1.807, 2.05) is 29.6 Å². The van der Waals surface area contributed by atoms with Gasteiger partial charge >= 0.3 is 0 Å². The summed E-state index contributed by atoms with van der Waals surface area (Å²) in [6, 6.07) is 9.82. The maximum Gasteiger partial charge on any atom is 0.220 e. The van der Waals surface area contributed by atoms with E-state index in [0.29, 0.717) is 6.54 Å². The predicted molar refractivity (Wildman–Crippen MR) is 114 cm³/mol. The van der Waals surface area contributed by atoms with E-state index < -0.39 is 0 Å². The molecular formula is C23H23N3O2S. The molecule has 29 heavy (non-hydrogen) atoms. The first-order valence-corrected chi connectivity index (χ1v) is 10.8. The van der Waals surface area contributed by atoms with Gasteiger partial charge in [-0.2, -0.15) is 0 Å². The van der Waals surface area contributed by atoms with Gasteiger partial charge in [0.15, 0.2) is 5.78 Å². The van der Waals surface area contributed by atoms with Gasteiger partial charge in [-0.1, -0.05) is 12.1 Å². The van der Waals surface area contributed by atoms with Crippen molar-refractivity contribution < 1.29 is 9.59 Å². The number of fused-ring (bicyclic) bond motifs is 1. The number of aryl methyl sites for hydroxylation is 2. The first-order chi connectivity index (χ1) is 14.2. The molecule has 148 valence electrons. The fraction of sp³-hybridized carbons (Fsp3) is 0.304. The van der Waals surface area contributed by atoms with Crippen molar-refractivity contribution in [3.63, 3.8) is 0 Å². The lowest BCUT2D eigenvalue weighted by Crippen LogP contribution is -2.23. The zero-order valence-corrected chi connectivity index (χ0v) is 17.0. The van der Waals surface area contributed by atoms with Gasteiger partial charge in [-0.15, -0.1) is 11.3 Å². The number of benzene rings is 1. The maximum absolute atomic E-state index is 12.5. The van der Waals surface area contributed by atoms with E-state index in [2.05, 4.69) is 21.4 Å². The highest BCUT2D eigenvalue weighted by molar-refractivity contribution is 7.13. The van der Waals surface area contributed by atoms with Crippen molar-refractivity contribution in [3.8, 4) is 10.6 Å². The Hall–Kier alpha value is -2.86. The second-order valence-corrected chi connectivity index (χ2v) is 8.13. The number of rotatable bonds is 7. The first kappa shape index (κ1) is 19.5. The van der Waals surface area contributed by atoms with Crippen LogP contribution < -0.4 is 5.32 Å². The van der Waals surface area contributed by atoms with Gasteiger partial charge in [0.05, 0.1) is 12.2 Å². The van der Waals surface area contributed by atoms with Crippen molar-refractivity contribution in [2.45, 2.75) is 45.1 Å². The third-order valence-electron chi connectivity index (χ3n) is 5.20. The van der Waals surface area contributed by atoms with Crippen LogP contribution >= 0.6 is 11.3 Å². The molecule has 1 amide bonds. The molecule has 6 heteroatoms. The summed E-state index contributed by atoms with van der Waals surface area (Å²) in [5, 5.41) is 5.70. The second-order valence-electron chi connectivity index (χ2n) is 7.27. The minimum Gasteiger partial charge on any atom is -0.350 e. The van der Waals surface area contributed by atoms with Crippen LogP contribution in [0, 0.1) is 0 Å². The zero-order chi connectivity index (χ0) is 20.1. The fourth-order valence-electron chi connectivity index (χ4n) is 3.57. The summed E-state index contributed by atoms with van der Waals surface area (Å²) in [5.41, 5.74) is 5.20. The van der Waals surface area contributed by atoms with Crippen molar-refractivity contribution in [1.82, 2.24) is 15.3 Å². The number of nitrogens with zero attached hydrogens (tertiary/aromatic N) is 2. The van der Waals surface area contributed by atoms with E-state index >= 15 is 0 Å². The molecule has 1 aliphatic rings. The van der Waals surface area contributed by atoms with E-state index in [-0.39, 0.29) is 24.5 Å². The van der Waals surface area contributed by atoms with Crippen LogP contribution in [0.5, 0.6) is 0 Å². The maximum atomic E-state index is 12.5. The van der Waals surface area contributed by atoms with Gasteiger partial charge in [0.2, 0.25) is 5.91 Å². The van der Waals surface area contributed by atoms with Crippen molar-refractivity contribution in [3.05, 3.63) is 70.5 Å².